The Balaban J connectivity index is 1.42. The number of rotatable bonds is 6. The van der Waals surface area contributed by atoms with Crippen LogP contribution in [0.25, 0.3) is 0 Å². The molecule has 0 saturated carbocycles. The Hall–Kier alpha value is -3.00. The molecule has 4 rings (SSSR count). The lowest BCUT2D eigenvalue weighted by atomic mass is 10.2. The Labute approximate surface area is 173 Å². The van der Waals surface area contributed by atoms with Crippen molar-refractivity contribution in [2.75, 3.05) is 18.1 Å². The molecule has 0 fully saturated rings. The molecular weight excluding hydrogens is 390 g/mol. The zero-order chi connectivity index (χ0) is 20.2. The lowest BCUT2D eigenvalue weighted by Gasteiger charge is -2.24. The van der Waals surface area contributed by atoms with Crippen LogP contribution in [0.3, 0.4) is 0 Å². The molecule has 0 saturated heterocycles. The number of fused-ring (bicyclic) bond motifs is 1. The average Bonchev–Trinajstić information content (AvgIpc) is 3.23. The summed E-state index contributed by atoms with van der Waals surface area (Å²) >= 11 is 1.23. The topological polar surface area (TPSA) is 77.7 Å². The lowest BCUT2D eigenvalue weighted by Crippen LogP contribution is -2.36. The van der Waals surface area contributed by atoms with Gasteiger partial charge in [-0.15, -0.1) is 10.2 Å². The Morgan fingerprint density at radius 2 is 1.86 bits per heavy atom. The van der Waals surface area contributed by atoms with Crippen LogP contribution in [-0.4, -0.2) is 34.5 Å². The second kappa shape index (κ2) is 8.57. The predicted molar refractivity (Wildman–Crippen MR) is 109 cm³/mol. The highest BCUT2D eigenvalue weighted by molar-refractivity contribution is 8.00. The summed E-state index contributed by atoms with van der Waals surface area (Å²) in [6.45, 7) is 4.65. The highest BCUT2D eigenvalue weighted by Gasteiger charge is 2.29. The fourth-order valence-electron chi connectivity index (χ4n) is 3.03. The van der Waals surface area contributed by atoms with Gasteiger partial charge in [0.25, 0.3) is 11.1 Å². The van der Waals surface area contributed by atoms with Crippen molar-refractivity contribution in [2.45, 2.75) is 30.4 Å². The number of benzene rings is 2. The first-order valence-corrected chi connectivity index (χ1v) is 10.3. The van der Waals surface area contributed by atoms with Crippen LogP contribution < -0.4 is 14.4 Å². The Morgan fingerprint density at radius 3 is 2.62 bits per heavy atom. The molecule has 0 N–H and O–H groups in total. The maximum absolute atomic E-state index is 12.9. The van der Waals surface area contributed by atoms with E-state index in [0.717, 1.165) is 5.69 Å². The summed E-state index contributed by atoms with van der Waals surface area (Å²) in [5.74, 6) is 1.64. The van der Waals surface area contributed by atoms with E-state index >= 15 is 0 Å². The zero-order valence-corrected chi connectivity index (χ0v) is 17.0. The first-order chi connectivity index (χ1) is 14.2. The summed E-state index contributed by atoms with van der Waals surface area (Å²) in [6, 6.07) is 17.0. The Bertz CT molecular complexity index is 979. The molecule has 8 heteroatoms. The number of aromatic nitrogens is 2. The maximum atomic E-state index is 12.9. The number of hydrogen-bond donors (Lipinski definition) is 0. The molecular formula is C21H21N3O4S. The van der Waals surface area contributed by atoms with Crippen molar-refractivity contribution in [3.05, 3.63) is 60.5 Å². The molecule has 2 heterocycles. The summed E-state index contributed by atoms with van der Waals surface area (Å²) in [4.78, 5) is 14.6. The van der Waals surface area contributed by atoms with Crippen molar-refractivity contribution in [1.82, 2.24) is 10.2 Å². The molecule has 29 heavy (non-hydrogen) atoms. The molecule has 1 amide bonds. The van der Waals surface area contributed by atoms with Crippen molar-refractivity contribution < 1.29 is 18.7 Å². The third-order valence-electron chi connectivity index (χ3n) is 4.48. The molecule has 0 spiro atoms. The van der Waals surface area contributed by atoms with E-state index < -0.39 is 6.10 Å². The summed E-state index contributed by atoms with van der Waals surface area (Å²) < 4.78 is 17.3. The van der Waals surface area contributed by atoms with Crippen molar-refractivity contribution >= 4 is 23.4 Å². The molecule has 7 nitrogen and oxygen atoms in total. The molecule has 2 aromatic carbocycles. The third-order valence-corrected chi connectivity index (χ3v) is 5.40. The van der Waals surface area contributed by atoms with Crippen LogP contribution in [0.15, 0.2) is 64.2 Å². The van der Waals surface area contributed by atoms with Gasteiger partial charge < -0.3 is 18.8 Å². The van der Waals surface area contributed by atoms with Crippen LogP contribution in [0.2, 0.25) is 0 Å². The van der Waals surface area contributed by atoms with E-state index in [-0.39, 0.29) is 17.8 Å². The quantitative estimate of drug-likeness (QED) is 0.565. The van der Waals surface area contributed by atoms with E-state index in [9.17, 15) is 4.79 Å². The van der Waals surface area contributed by atoms with Gasteiger partial charge in [0.2, 0.25) is 12.0 Å². The summed E-state index contributed by atoms with van der Waals surface area (Å²) in [7, 11) is 0. The summed E-state index contributed by atoms with van der Waals surface area (Å²) in [5.41, 5.74) is 0.866. The molecule has 150 valence electrons. The van der Waals surface area contributed by atoms with Crippen molar-refractivity contribution in [2.24, 2.45) is 0 Å². The number of anilines is 1. The highest BCUT2D eigenvalue weighted by atomic mass is 32.2. The molecule has 1 aliphatic heterocycles. The predicted octanol–water partition coefficient (Wildman–Crippen LogP) is 4.12. The first kappa shape index (κ1) is 19.3. The van der Waals surface area contributed by atoms with E-state index in [4.69, 9.17) is 13.9 Å². The van der Waals surface area contributed by atoms with E-state index in [1.165, 1.54) is 11.8 Å². The van der Waals surface area contributed by atoms with Gasteiger partial charge in [0.1, 0.15) is 6.61 Å². The van der Waals surface area contributed by atoms with Crippen LogP contribution in [0.4, 0.5) is 5.69 Å². The van der Waals surface area contributed by atoms with Gasteiger partial charge in [-0.05, 0) is 38.1 Å². The monoisotopic (exact) mass is 411 g/mol. The number of carbonyl (C=O) groups is 1. The molecule has 2 atom stereocenters. The molecule has 1 aliphatic rings. The molecule has 0 bridgehead atoms. The number of carbonyl (C=O) groups excluding carboxylic acids is 1. The minimum absolute atomic E-state index is 0.0189. The number of thioether (sulfide) groups is 1. The minimum Gasteiger partial charge on any atom is -0.485 e. The number of hydrogen-bond acceptors (Lipinski definition) is 7. The van der Waals surface area contributed by atoms with E-state index in [2.05, 4.69) is 10.2 Å². The van der Waals surface area contributed by atoms with Crippen LogP contribution in [0, 0.1) is 0 Å². The zero-order valence-electron chi connectivity index (χ0n) is 16.1. The lowest BCUT2D eigenvalue weighted by molar-refractivity contribution is -0.117. The number of para-hydroxylation sites is 3. The standard InChI is InChI=1S/C21H21N3O4S/c1-3-24(15-9-5-4-6-10-15)20(25)14(2)29-21-23-22-19(28-21)18-13-26-16-11-7-8-12-17(16)27-18/h4-12,14,18H,3,13H2,1-2H3. The SMILES string of the molecule is CCN(C(=O)C(C)Sc1nnc(C2COc3ccccc3O2)o1)c1ccccc1. The molecule has 2 unspecified atom stereocenters. The highest BCUT2D eigenvalue weighted by Crippen LogP contribution is 2.36. The largest absolute Gasteiger partial charge is 0.485 e. The normalized spacial score (nSPS) is 16.3. The van der Waals surface area contributed by atoms with Gasteiger partial charge in [-0.2, -0.15) is 0 Å². The van der Waals surface area contributed by atoms with Gasteiger partial charge in [0.15, 0.2) is 11.5 Å². The number of ether oxygens (including phenoxy) is 2. The molecule has 0 aliphatic carbocycles. The minimum atomic E-state index is -0.478. The van der Waals surface area contributed by atoms with Crippen LogP contribution in [0.1, 0.15) is 25.8 Å². The molecule has 3 aromatic rings. The Kier molecular flexibility index (Phi) is 5.71. The average molecular weight is 411 g/mol. The van der Waals surface area contributed by atoms with Gasteiger partial charge >= 0.3 is 0 Å². The third kappa shape index (κ3) is 4.22. The molecule has 0 radical (unpaired) electrons. The van der Waals surface area contributed by atoms with Crippen molar-refractivity contribution in [1.29, 1.82) is 0 Å². The van der Waals surface area contributed by atoms with E-state index in [1.54, 1.807) is 4.90 Å². The Morgan fingerprint density at radius 1 is 1.14 bits per heavy atom. The van der Waals surface area contributed by atoms with Crippen LogP contribution >= 0.6 is 11.8 Å². The van der Waals surface area contributed by atoms with Gasteiger partial charge in [0, 0.05) is 12.2 Å². The number of nitrogens with zero attached hydrogens (tertiary/aromatic N) is 3. The summed E-state index contributed by atoms with van der Waals surface area (Å²) in [6.07, 6.45) is -0.478. The second-order valence-electron chi connectivity index (χ2n) is 6.45. The fraction of sp³-hybridized carbons (Fsp3) is 0.286. The van der Waals surface area contributed by atoms with Gasteiger partial charge in [-0.3, -0.25) is 4.79 Å². The maximum Gasteiger partial charge on any atom is 0.277 e. The van der Waals surface area contributed by atoms with Crippen LogP contribution in [-0.2, 0) is 4.79 Å². The van der Waals surface area contributed by atoms with Gasteiger partial charge in [0.05, 0.1) is 5.25 Å². The molecule has 1 aromatic heterocycles. The van der Waals surface area contributed by atoms with E-state index in [0.29, 0.717) is 29.2 Å². The van der Waals surface area contributed by atoms with Gasteiger partial charge in [-0.1, -0.05) is 42.1 Å². The fourth-order valence-corrected chi connectivity index (χ4v) is 3.79. The van der Waals surface area contributed by atoms with Crippen LogP contribution in [0.5, 0.6) is 11.5 Å². The first-order valence-electron chi connectivity index (χ1n) is 9.40. The second-order valence-corrected chi connectivity index (χ2v) is 7.74. The van der Waals surface area contributed by atoms with Gasteiger partial charge in [-0.25, -0.2) is 0 Å². The number of amides is 1. The van der Waals surface area contributed by atoms with Crippen molar-refractivity contribution in [3.8, 4) is 11.5 Å². The van der Waals surface area contributed by atoms with Crippen molar-refractivity contribution in [3.63, 3.8) is 0 Å². The van der Waals surface area contributed by atoms with E-state index in [1.807, 2.05) is 68.4 Å². The summed E-state index contributed by atoms with van der Waals surface area (Å²) in [5, 5.41) is 8.09. The smallest absolute Gasteiger partial charge is 0.277 e.